The highest BCUT2D eigenvalue weighted by atomic mass is 15.7. The van der Waals surface area contributed by atoms with Crippen LogP contribution in [0.2, 0.25) is 0 Å². The molecule has 0 radical (unpaired) electrons. The third-order valence-electron chi connectivity index (χ3n) is 2.97. The number of hydrogen-bond donors (Lipinski definition) is 4. The molecule has 6 heteroatoms. The van der Waals surface area contributed by atoms with E-state index in [4.69, 9.17) is 0 Å². The molecule has 0 aliphatic heterocycles. The maximum atomic E-state index is 3.40. The maximum absolute atomic E-state index is 3.40. The van der Waals surface area contributed by atoms with Crippen molar-refractivity contribution in [2.24, 2.45) is 0 Å². The molecule has 0 aliphatic rings. The molecule has 0 aromatic heterocycles. The van der Waals surface area contributed by atoms with Crippen LogP contribution in [0, 0.1) is 0 Å². The zero-order chi connectivity index (χ0) is 16.3. The number of rotatable bonds is 13. The van der Waals surface area contributed by atoms with Gasteiger partial charge in [-0.2, -0.15) is 10.2 Å². The molecular weight excluding hydrogens is 264 g/mol. The fourth-order valence-corrected chi connectivity index (χ4v) is 1.65. The van der Waals surface area contributed by atoms with Crippen molar-refractivity contribution in [2.75, 3.05) is 40.3 Å². The summed E-state index contributed by atoms with van der Waals surface area (Å²) in [6.07, 6.45) is 6.17. The standard InChI is InChI=1S/C11H27N3.C4H13N3/c1-4-7-9-12-14(11-6-3)13-10-8-5-2;1-4-7(5-2)6-3/h12-13H,4-11H2,1-3H3;5-6H,4H2,1-3H3. The molecule has 130 valence electrons. The van der Waals surface area contributed by atoms with Crippen molar-refractivity contribution in [3.05, 3.63) is 0 Å². The molecule has 0 spiro atoms. The summed E-state index contributed by atoms with van der Waals surface area (Å²) in [5, 5.41) is 4.02. The molecule has 0 atom stereocenters. The maximum Gasteiger partial charge on any atom is 0.0285 e. The van der Waals surface area contributed by atoms with Crippen molar-refractivity contribution in [1.82, 2.24) is 31.9 Å². The van der Waals surface area contributed by atoms with Crippen LogP contribution in [0.1, 0.15) is 59.8 Å². The van der Waals surface area contributed by atoms with Crippen molar-refractivity contribution in [1.29, 1.82) is 0 Å². The Morgan fingerprint density at radius 2 is 1.14 bits per heavy atom. The second-order valence-electron chi connectivity index (χ2n) is 4.87. The number of nitrogens with one attached hydrogen (secondary N) is 4. The highest BCUT2D eigenvalue weighted by molar-refractivity contribution is 4.47. The topological polar surface area (TPSA) is 54.6 Å². The first kappa shape index (κ1) is 23.0. The molecule has 0 fully saturated rings. The van der Waals surface area contributed by atoms with Gasteiger partial charge in [-0.15, -0.1) is 0 Å². The Balaban J connectivity index is 0. The van der Waals surface area contributed by atoms with Crippen LogP contribution in [0.5, 0.6) is 0 Å². The highest BCUT2D eigenvalue weighted by Gasteiger charge is 1.99. The zero-order valence-electron chi connectivity index (χ0n) is 15.3. The van der Waals surface area contributed by atoms with E-state index >= 15 is 0 Å². The van der Waals surface area contributed by atoms with E-state index in [2.05, 4.69) is 54.5 Å². The van der Waals surface area contributed by atoms with Crippen LogP contribution < -0.4 is 21.7 Å². The summed E-state index contributed by atoms with van der Waals surface area (Å²) in [6.45, 7) is 12.9. The summed E-state index contributed by atoms with van der Waals surface area (Å²) in [4.78, 5) is 0. The van der Waals surface area contributed by atoms with E-state index in [0.717, 1.165) is 26.2 Å². The normalized spacial score (nSPS) is 10.9. The molecule has 4 N–H and O–H groups in total. The van der Waals surface area contributed by atoms with Gasteiger partial charge in [-0.25, -0.2) is 21.7 Å². The molecule has 0 saturated carbocycles. The minimum absolute atomic E-state index is 0.965. The van der Waals surface area contributed by atoms with Gasteiger partial charge in [-0.3, -0.25) is 0 Å². The van der Waals surface area contributed by atoms with Gasteiger partial charge < -0.3 is 0 Å². The molecule has 6 nitrogen and oxygen atoms in total. The van der Waals surface area contributed by atoms with E-state index < -0.39 is 0 Å². The highest BCUT2D eigenvalue weighted by Crippen LogP contribution is 1.88. The summed E-state index contributed by atoms with van der Waals surface area (Å²) >= 11 is 0. The SMILES string of the molecule is CCCCNN(CCC)NCCCC.CCN(NC)NC. The number of unbranched alkanes of at least 4 members (excludes halogenated alkanes) is 2. The Morgan fingerprint density at radius 1 is 0.667 bits per heavy atom. The van der Waals surface area contributed by atoms with Gasteiger partial charge in [-0.1, -0.05) is 33.6 Å². The fourth-order valence-electron chi connectivity index (χ4n) is 1.65. The fraction of sp³-hybridized carbons (Fsp3) is 1.00. The second-order valence-corrected chi connectivity index (χ2v) is 4.87. The van der Waals surface area contributed by atoms with Gasteiger partial charge in [-0.05, 0) is 26.2 Å². The van der Waals surface area contributed by atoms with Crippen LogP contribution in [0.4, 0.5) is 0 Å². The summed E-state index contributed by atoms with van der Waals surface area (Å²) in [7, 11) is 3.75. The first-order valence-electron chi connectivity index (χ1n) is 8.56. The van der Waals surface area contributed by atoms with E-state index in [1.807, 2.05) is 19.2 Å². The third kappa shape index (κ3) is 17.7. The van der Waals surface area contributed by atoms with Gasteiger partial charge in [0.1, 0.15) is 0 Å². The Morgan fingerprint density at radius 3 is 1.38 bits per heavy atom. The van der Waals surface area contributed by atoms with Crippen molar-refractivity contribution in [3.63, 3.8) is 0 Å². The van der Waals surface area contributed by atoms with Gasteiger partial charge in [0, 0.05) is 40.3 Å². The van der Waals surface area contributed by atoms with Crippen molar-refractivity contribution in [3.8, 4) is 0 Å². The summed E-state index contributed by atoms with van der Waals surface area (Å²) in [5.41, 5.74) is 12.7. The quantitative estimate of drug-likeness (QED) is 0.308. The second kappa shape index (κ2) is 19.8. The Kier molecular flexibility index (Phi) is 21.7. The van der Waals surface area contributed by atoms with Crippen LogP contribution in [-0.2, 0) is 0 Å². The minimum Gasteiger partial charge on any atom is -0.245 e. The molecule has 0 amide bonds. The zero-order valence-corrected chi connectivity index (χ0v) is 15.3. The van der Waals surface area contributed by atoms with Crippen molar-refractivity contribution >= 4 is 0 Å². The van der Waals surface area contributed by atoms with Crippen LogP contribution in [0.15, 0.2) is 0 Å². The van der Waals surface area contributed by atoms with Crippen molar-refractivity contribution in [2.45, 2.75) is 59.8 Å². The van der Waals surface area contributed by atoms with Crippen LogP contribution in [0.25, 0.3) is 0 Å². The molecular formula is C15H40N6. The largest absolute Gasteiger partial charge is 0.245 e. The lowest BCUT2D eigenvalue weighted by Gasteiger charge is -2.23. The summed E-state index contributed by atoms with van der Waals surface area (Å²) in [6, 6.07) is 0. The van der Waals surface area contributed by atoms with E-state index in [1.54, 1.807) is 0 Å². The Bertz CT molecular complexity index is 160. The minimum atomic E-state index is 0.965. The molecule has 21 heavy (non-hydrogen) atoms. The van der Waals surface area contributed by atoms with Gasteiger partial charge in [0.15, 0.2) is 0 Å². The lowest BCUT2D eigenvalue weighted by atomic mass is 10.3. The third-order valence-corrected chi connectivity index (χ3v) is 2.97. The van der Waals surface area contributed by atoms with E-state index in [1.165, 1.54) is 32.1 Å². The Labute approximate surface area is 132 Å². The lowest BCUT2D eigenvalue weighted by Crippen LogP contribution is -2.49. The van der Waals surface area contributed by atoms with E-state index in [9.17, 15) is 0 Å². The molecule has 0 saturated heterocycles. The molecule has 0 aromatic carbocycles. The number of hydrogen-bond acceptors (Lipinski definition) is 6. The van der Waals surface area contributed by atoms with Crippen LogP contribution >= 0.6 is 0 Å². The van der Waals surface area contributed by atoms with Gasteiger partial charge in [0.25, 0.3) is 0 Å². The smallest absolute Gasteiger partial charge is 0.0285 e. The molecule has 0 aromatic rings. The first-order chi connectivity index (χ1) is 10.2. The molecule has 0 rings (SSSR count). The van der Waals surface area contributed by atoms with Gasteiger partial charge in [0.05, 0.1) is 0 Å². The average Bonchev–Trinajstić information content (AvgIpc) is 2.50. The van der Waals surface area contributed by atoms with E-state index in [0.29, 0.717) is 0 Å². The monoisotopic (exact) mass is 304 g/mol. The predicted molar refractivity (Wildman–Crippen MR) is 93.3 cm³/mol. The summed E-state index contributed by atoms with van der Waals surface area (Å²) in [5.74, 6) is 0. The predicted octanol–water partition coefficient (Wildman–Crippen LogP) is 1.88. The van der Waals surface area contributed by atoms with Gasteiger partial charge >= 0.3 is 0 Å². The molecule has 0 unspecified atom stereocenters. The molecule has 0 heterocycles. The molecule has 0 aliphatic carbocycles. The Hall–Kier alpha value is -0.240. The van der Waals surface area contributed by atoms with E-state index in [-0.39, 0.29) is 0 Å². The molecule has 0 bridgehead atoms. The lowest BCUT2D eigenvalue weighted by molar-refractivity contribution is 0.112. The first-order valence-corrected chi connectivity index (χ1v) is 8.56. The van der Waals surface area contributed by atoms with Crippen LogP contribution in [-0.4, -0.2) is 50.5 Å². The summed E-state index contributed by atoms with van der Waals surface area (Å²) < 4.78 is 0. The number of hydrazine groups is 4. The van der Waals surface area contributed by atoms with Crippen LogP contribution in [0.3, 0.4) is 0 Å². The number of nitrogens with zero attached hydrogens (tertiary/aromatic N) is 2. The van der Waals surface area contributed by atoms with Gasteiger partial charge in [0.2, 0.25) is 0 Å². The average molecular weight is 305 g/mol. The van der Waals surface area contributed by atoms with Crippen molar-refractivity contribution < 1.29 is 0 Å².